The Kier molecular flexibility index (Phi) is 4.44. The maximum atomic E-state index is 13.7. The molecule has 0 aliphatic carbocycles. The minimum absolute atomic E-state index is 0.372. The molecule has 1 fully saturated rings. The van der Waals surface area contributed by atoms with Gasteiger partial charge in [0.1, 0.15) is 5.69 Å². The first-order chi connectivity index (χ1) is 10.6. The highest BCUT2D eigenvalue weighted by Gasteiger charge is 2.23. The summed E-state index contributed by atoms with van der Waals surface area (Å²) in [7, 11) is 4.25. The molecule has 1 saturated heterocycles. The van der Waals surface area contributed by atoms with Gasteiger partial charge in [0, 0.05) is 30.9 Å². The molecule has 0 bridgehead atoms. The summed E-state index contributed by atoms with van der Waals surface area (Å²) >= 11 is 0. The van der Waals surface area contributed by atoms with Gasteiger partial charge in [-0.2, -0.15) is 0 Å². The third-order valence-electron chi connectivity index (χ3n) is 4.21. The van der Waals surface area contributed by atoms with Crippen LogP contribution in [0, 0.1) is 5.82 Å². The van der Waals surface area contributed by atoms with Crippen molar-refractivity contribution in [2.24, 2.45) is 0 Å². The number of nitrogens with zero attached hydrogens (tertiary/aromatic N) is 6. The van der Waals surface area contributed by atoms with Crippen LogP contribution in [-0.4, -0.2) is 69.5 Å². The molecular weight excluding hydrogens is 283 g/mol. The van der Waals surface area contributed by atoms with Gasteiger partial charge in [-0.1, -0.05) is 5.21 Å². The monoisotopic (exact) mass is 304 g/mol. The SMILES string of the molecule is CN(C)C1CCN(CCn2cc(-c3ccncc3F)nn2)C1. The quantitative estimate of drug-likeness (QED) is 0.828. The van der Waals surface area contributed by atoms with Gasteiger partial charge in [-0.15, -0.1) is 5.10 Å². The van der Waals surface area contributed by atoms with Gasteiger partial charge in [-0.05, 0) is 33.1 Å². The Morgan fingerprint density at radius 1 is 1.36 bits per heavy atom. The van der Waals surface area contributed by atoms with Crippen LogP contribution in [0.4, 0.5) is 4.39 Å². The molecule has 0 amide bonds. The number of likely N-dealkylation sites (tertiary alicyclic amines) is 1. The minimum atomic E-state index is -0.372. The number of hydrogen-bond donors (Lipinski definition) is 0. The summed E-state index contributed by atoms with van der Waals surface area (Å²) in [6, 6.07) is 2.25. The van der Waals surface area contributed by atoms with E-state index in [1.54, 1.807) is 23.1 Å². The van der Waals surface area contributed by atoms with Gasteiger partial charge >= 0.3 is 0 Å². The number of aromatic nitrogens is 4. The van der Waals surface area contributed by atoms with Gasteiger partial charge in [0.05, 0.1) is 18.9 Å². The van der Waals surface area contributed by atoms with E-state index in [-0.39, 0.29) is 5.82 Å². The van der Waals surface area contributed by atoms with Crippen molar-refractivity contribution in [1.82, 2.24) is 29.8 Å². The summed E-state index contributed by atoms with van der Waals surface area (Å²) in [6.07, 6.45) is 5.75. The summed E-state index contributed by atoms with van der Waals surface area (Å²) in [5, 5.41) is 8.15. The fourth-order valence-electron chi connectivity index (χ4n) is 2.79. The molecule has 6 nitrogen and oxygen atoms in total. The Morgan fingerprint density at radius 3 is 2.95 bits per heavy atom. The molecule has 3 heterocycles. The lowest BCUT2D eigenvalue weighted by Gasteiger charge is -2.20. The molecule has 1 unspecified atom stereocenters. The second-order valence-electron chi connectivity index (χ2n) is 5.93. The van der Waals surface area contributed by atoms with Gasteiger partial charge in [-0.25, -0.2) is 4.39 Å². The second-order valence-corrected chi connectivity index (χ2v) is 5.93. The van der Waals surface area contributed by atoms with Crippen LogP contribution in [0.15, 0.2) is 24.7 Å². The lowest BCUT2D eigenvalue weighted by atomic mass is 10.2. The van der Waals surface area contributed by atoms with Gasteiger partial charge in [0.15, 0.2) is 5.82 Å². The molecule has 7 heteroatoms. The van der Waals surface area contributed by atoms with Crippen LogP contribution in [0.3, 0.4) is 0 Å². The first kappa shape index (κ1) is 15.1. The summed E-state index contributed by atoms with van der Waals surface area (Å²) in [6.45, 7) is 3.91. The molecule has 2 aromatic heterocycles. The molecule has 0 saturated carbocycles. The minimum Gasteiger partial charge on any atom is -0.305 e. The van der Waals surface area contributed by atoms with Crippen LogP contribution in [0.25, 0.3) is 11.3 Å². The molecular formula is C15H21FN6. The summed E-state index contributed by atoms with van der Waals surface area (Å²) in [4.78, 5) is 8.45. The number of rotatable bonds is 5. The van der Waals surface area contributed by atoms with Crippen molar-refractivity contribution in [3.63, 3.8) is 0 Å². The van der Waals surface area contributed by atoms with E-state index in [1.807, 2.05) is 0 Å². The van der Waals surface area contributed by atoms with Gasteiger partial charge in [-0.3, -0.25) is 14.6 Å². The highest BCUT2D eigenvalue weighted by molar-refractivity contribution is 5.57. The first-order valence-electron chi connectivity index (χ1n) is 7.52. The molecule has 1 atom stereocenters. The Labute approximate surface area is 129 Å². The zero-order valence-corrected chi connectivity index (χ0v) is 13.0. The normalized spacial score (nSPS) is 19.2. The van der Waals surface area contributed by atoms with E-state index < -0.39 is 0 Å². The van der Waals surface area contributed by atoms with Crippen LogP contribution < -0.4 is 0 Å². The summed E-state index contributed by atoms with van der Waals surface area (Å²) < 4.78 is 15.5. The Morgan fingerprint density at radius 2 is 2.23 bits per heavy atom. The number of halogens is 1. The molecule has 2 aromatic rings. The predicted octanol–water partition coefficient (Wildman–Crippen LogP) is 1.12. The Balaban J connectivity index is 1.58. The fraction of sp³-hybridized carbons (Fsp3) is 0.533. The molecule has 0 spiro atoms. The maximum Gasteiger partial charge on any atom is 0.150 e. The topological polar surface area (TPSA) is 50.1 Å². The summed E-state index contributed by atoms with van der Waals surface area (Å²) in [5.74, 6) is -0.372. The number of pyridine rings is 1. The molecule has 1 aliphatic rings. The molecule has 118 valence electrons. The van der Waals surface area contributed by atoms with Crippen molar-refractivity contribution in [3.8, 4) is 11.3 Å². The van der Waals surface area contributed by atoms with E-state index in [0.717, 1.165) is 26.2 Å². The molecule has 3 rings (SSSR count). The first-order valence-corrected chi connectivity index (χ1v) is 7.52. The average molecular weight is 304 g/mol. The molecule has 0 radical (unpaired) electrons. The lowest BCUT2D eigenvalue weighted by Crippen LogP contribution is -2.32. The van der Waals surface area contributed by atoms with Crippen molar-refractivity contribution >= 4 is 0 Å². The maximum absolute atomic E-state index is 13.7. The van der Waals surface area contributed by atoms with E-state index >= 15 is 0 Å². The zero-order chi connectivity index (χ0) is 15.5. The van der Waals surface area contributed by atoms with Crippen LogP contribution in [0.1, 0.15) is 6.42 Å². The number of likely N-dealkylation sites (N-methyl/N-ethyl adjacent to an activating group) is 1. The number of hydrogen-bond acceptors (Lipinski definition) is 5. The smallest absolute Gasteiger partial charge is 0.150 e. The fourth-order valence-corrected chi connectivity index (χ4v) is 2.79. The highest BCUT2D eigenvalue weighted by Crippen LogP contribution is 2.18. The van der Waals surface area contributed by atoms with Crippen molar-refractivity contribution in [1.29, 1.82) is 0 Å². The standard InChI is InChI=1S/C15H21FN6/c1-20(2)12-4-6-21(10-12)7-8-22-11-15(18-19-22)13-3-5-17-9-14(13)16/h3,5,9,11-12H,4,6-8,10H2,1-2H3. The van der Waals surface area contributed by atoms with Crippen molar-refractivity contribution in [2.75, 3.05) is 33.7 Å². The second kappa shape index (κ2) is 6.50. The van der Waals surface area contributed by atoms with Crippen LogP contribution in [0.2, 0.25) is 0 Å². The van der Waals surface area contributed by atoms with Crippen LogP contribution >= 0.6 is 0 Å². The van der Waals surface area contributed by atoms with Crippen LogP contribution in [-0.2, 0) is 6.54 Å². The molecule has 0 aromatic carbocycles. The lowest BCUT2D eigenvalue weighted by molar-refractivity contribution is 0.260. The van der Waals surface area contributed by atoms with Gasteiger partial charge in [0.2, 0.25) is 0 Å². The van der Waals surface area contributed by atoms with Crippen LogP contribution in [0.5, 0.6) is 0 Å². The predicted molar refractivity (Wildman–Crippen MR) is 81.7 cm³/mol. The highest BCUT2D eigenvalue weighted by atomic mass is 19.1. The molecule has 0 N–H and O–H groups in total. The van der Waals surface area contributed by atoms with E-state index in [1.165, 1.54) is 12.6 Å². The molecule has 1 aliphatic heterocycles. The zero-order valence-electron chi connectivity index (χ0n) is 13.0. The van der Waals surface area contributed by atoms with Crippen molar-refractivity contribution in [2.45, 2.75) is 19.0 Å². The van der Waals surface area contributed by atoms with Gasteiger partial charge < -0.3 is 4.90 Å². The van der Waals surface area contributed by atoms with E-state index in [4.69, 9.17) is 0 Å². The largest absolute Gasteiger partial charge is 0.305 e. The van der Waals surface area contributed by atoms with E-state index in [0.29, 0.717) is 17.3 Å². The van der Waals surface area contributed by atoms with E-state index in [2.05, 4.69) is 39.2 Å². The molecule has 22 heavy (non-hydrogen) atoms. The Bertz CT molecular complexity index is 626. The third kappa shape index (κ3) is 3.31. The van der Waals surface area contributed by atoms with E-state index in [9.17, 15) is 4.39 Å². The summed E-state index contributed by atoms with van der Waals surface area (Å²) in [5.41, 5.74) is 0.989. The Hall–Kier alpha value is -1.86. The average Bonchev–Trinajstić information content (AvgIpc) is 3.15. The van der Waals surface area contributed by atoms with Crippen molar-refractivity contribution < 1.29 is 4.39 Å². The third-order valence-corrected chi connectivity index (χ3v) is 4.21. The van der Waals surface area contributed by atoms with Gasteiger partial charge in [0.25, 0.3) is 0 Å². The van der Waals surface area contributed by atoms with Crippen molar-refractivity contribution in [3.05, 3.63) is 30.5 Å².